The number of carbonyl (C=O) groups is 1. The number of aromatic nitrogens is 2. The number of esters is 1. The number of benzene rings is 1. The quantitative estimate of drug-likeness (QED) is 0.745. The molecule has 3 rings (SSSR count). The number of aryl methyl sites for hydroxylation is 1. The molecule has 3 aromatic rings. The second-order valence-corrected chi connectivity index (χ2v) is 5.48. The number of rotatable bonds is 3. The molecular weight excluding hydrogens is 272 g/mol. The maximum absolute atomic E-state index is 11.6. The lowest BCUT2D eigenvalue weighted by molar-refractivity contribution is 0.0520. The topological polar surface area (TPSA) is 55.0 Å². The molecule has 1 N–H and O–H groups in total. The van der Waals surface area contributed by atoms with Crippen LogP contribution in [0.1, 0.15) is 23.0 Å². The minimum Gasteiger partial charge on any atom is -0.461 e. The molecule has 0 saturated carbocycles. The van der Waals surface area contributed by atoms with Crippen LogP contribution in [0.15, 0.2) is 30.3 Å². The van der Waals surface area contributed by atoms with E-state index in [2.05, 4.69) is 29.0 Å². The third-order valence-electron chi connectivity index (χ3n) is 3.05. The molecule has 0 aliphatic rings. The molecule has 0 saturated heterocycles. The van der Waals surface area contributed by atoms with Crippen LogP contribution in [-0.4, -0.2) is 22.5 Å². The molecule has 2 heterocycles. The minimum atomic E-state index is -0.338. The van der Waals surface area contributed by atoms with Crippen LogP contribution in [0.3, 0.4) is 0 Å². The first kappa shape index (κ1) is 12.9. The number of ether oxygens (including phenoxy) is 1. The van der Waals surface area contributed by atoms with E-state index in [4.69, 9.17) is 4.74 Å². The van der Waals surface area contributed by atoms with Gasteiger partial charge < -0.3 is 9.72 Å². The Morgan fingerprint density at radius 3 is 2.90 bits per heavy atom. The van der Waals surface area contributed by atoms with Gasteiger partial charge in [0.05, 0.1) is 11.3 Å². The first-order valence-corrected chi connectivity index (χ1v) is 7.23. The summed E-state index contributed by atoms with van der Waals surface area (Å²) in [5.74, 6) is -0.338. The van der Waals surface area contributed by atoms with Gasteiger partial charge in [-0.05, 0) is 25.5 Å². The third kappa shape index (κ3) is 2.20. The van der Waals surface area contributed by atoms with Gasteiger partial charge >= 0.3 is 5.97 Å². The number of thiazole rings is 1. The molecule has 5 heteroatoms. The van der Waals surface area contributed by atoms with E-state index < -0.39 is 0 Å². The van der Waals surface area contributed by atoms with E-state index in [0.29, 0.717) is 12.3 Å². The molecule has 0 aliphatic heterocycles. The van der Waals surface area contributed by atoms with E-state index in [1.165, 1.54) is 5.56 Å². The van der Waals surface area contributed by atoms with Gasteiger partial charge in [-0.2, -0.15) is 0 Å². The van der Waals surface area contributed by atoms with Crippen LogP contribution >= 0.6 is 11.3 Å². The van der Waals surface area contributed by atoms with E-state index in [1.54, 1.807) is 24.3 Å². The normalized spacial score (nSPS) is 10.9. The van der Waals surface area contributed by atoms with Crippen molar-refractivity contribution in [3.8, 4) is 10.6 Å². The zero-order chi connectivity index (χ0) is 14.1. The Kier molecular flexibility index (Phi) is 3.28. The van der Waals surface area contributed by atoms with E-state index in [-0.39, 0.29) is 5.97 Å². The average molecular weight is 286 g/mol. The van der Waals surface area contributed by atoms with Crippen LogP contribution in [-0.2, 0) is 4.74 Å². The van der Waals surface area contributed by atoms with Gasteiger partial charge in [0, 0.05) is 5.56 Å². The Labute approximate surface area is 120 Å². The molecule has 4 nitrogen and oxygen atoms in total. The van der Waals surface area contributed by atoms with Crippen LogP contribution in [0.4, 0.5) is 0 Å². The largest absolute Gasteiger partial charge is 0.461 e. The highest BCUT2D eigenvalue weighted by Crippen LogP contribution is 2.32. The minimum absolute atomic E-state index is 0.338. The summed E-state index contributed by atoms with van der Waals surface area (Å²) in [7, 11) is 0. The van der Waals surface area contributed by atoms with E-state index in [9.17, 15) is 4.79 Å². The van der Waals surface area contributed by atoms with Crippen LogP contribution < -0.4 is 0 Å². The Morgan fingerprint density at radius 1 is 1.40 bits per heavy atom. The Hall–Kier alpha value is -2.14. The van der Waals surface area contributed by atoms with Gasteiger partial charge in [-0.3, -0.25) is 0 Å². The fraction of sp³-hybridized carbons (Fsp3) is 0.200. The smallest absolute Gasteiger partial charge is 0.354 e. The SMILES string of the molecule is CCOC(=O)c1cc2sc(-c3ccccc3C)nc2[nH]1. The molecule has 2 aromatic heterocycles. The first-order valence-electron chi connectivity index (χ1n) is 6.41. The summed E-state index contributed by atoms with van der Waals surface area (Å²) < 4.78 is 5.93. The van der Waals surface area contributed by atoms with Gasteiger partial charge in [-0.25, -0.2) is 9.78 Å². The standard InChI is InChI=1S/C15H14N2O2S/c1-3-19-15(18)11-8-12-13(16-11)17-14(20-12)10-7-5-4-6-9(10)2/h4-8,16H,3H2,1-2H3. The highest BCUT2D eigenvalue weighted by molar-refractivity contribution is 7.21. The number of nitrogens with zero attached hydrogens (tertiary/aromatic N) is 1. The summed E-state index contributed by atoms with van der Waals surface area (Å²) in [5.41, 5.74) is 3.50. The molecule has 0 aliphatic carbocycles. The number of carbonyl (C=O) groups excluding carboxylic acids is 1. The lowest BCUT2D eigenvalue weighted by atomic mass is 10.1. The van der Waals surface area contributed by atoms with Crippen molar-refractivity contribution in [3.63, 3.8) is 0 Å². The number of fused-ring (bicyclic) bond motifs is 1. The number of hydrogen-bond donors (Lipinski definition) is 1. The Morgan fingerprint density at radius 2 is 2.20 bits per heavy atom. The molecule has 0 amide bonds. The number of aromatic amines is 1. The first-order chi connectivity index (χ1) is 9.69. The van der Waals surface area contributed by atoms with Gasteiger partial charge in [-0.15, -0.1) is 11.3 Å². The van der Waals surface area contributed by atoms with Crippen LogP contribution in [0.5, 0.6) is 0 Å². The number of nitrogens with one attached hydrogen (secondary N) is 1. The molecule has 0 unspecified atom stereocenters. The number of hydrogen-bond acceptors (Lipinski definition) is 4. The van der Waals surface area contributed by atoms with E-state index in [0.717, 1.165) is 20.9 Å². The lowest BCUT2D eigenvalue weighted by Crippen LogP contribution is -2.04. The van der Waals surface area contributed by atoms with Crippen molar-refractivity contribution < 1.29 is 9.53 Å². The van der Waals surface area contributed by atoms with Crippen molar-refractivity contribution in [1.29, 1.82) is 0 Å². The van der Waals surface area contributed by atoms with Crippen LogP contribution in [0, 0.1) is 6.92 Å². The molecule has 0 bridgehead atoms. The van der Waals surface area contributed by atoms with Crippen LogP contribution in [0.25, 0.3) is 20.9 Å². The van der Waals surface area contributed by atoms with E-state index in [1.807, 2.05) is 12.1 Å². The van der Waals surface area contributed by atoms with Crippen molar-refractivity contribution >= 4 is 27.7 Å². The summed E-state index contributed by atoms with van der Waals surface area (Å²) in [5, 5.41) is 0.958. The molecule has 20 heavy (non-hydrogen) atoms. The highest BCUT2D eigenvalue weighted by atomic mass is 32.1. The zero-order valence-electron chi connectivity index (χ0n) is 11.3. The fourth-order valence-electron chi connectivity index (χ4n) is 2.06. The van der Waals surface area contributed by atoms with Gasteiger partial charge in [-0.1, -0.05) is 24.3 Å². The van der Waals surface area contributed by atoms with Crippen molar-refractivity contribution in [1.82, 2.24) is 9.97 Å². The molecule has 0 atom stereocenters. The van der Waals surface area contributed by atoms with Gasteiger partial charge in [0.1, 0.15) is 16.3 Å². The maximum Gasteiger partial charge on any atom is 0.354 e. The van der Waals surface area contributed by atoms with Crippen molar-refractivity contribution in [3.05, 3.63) is 41.6 Å². The van der Waals surface area contributed by atoms with Gasteiger partial charge in [0.25, 0.3) is 0 Å². The summed E-state index contributed by atoms with van der Waals surface area (Å²) in [6, 6.07) is 9.93. The highest BCUT2D eigenvalue weighted by Gasteiger charge is 2.15. The predicted octanol–water partition coefficient (Wildman–Crippen LogP) is 3.78. The van der Waals surface area contributed by atoms with Crippen LogP contribution in [0.2, 0.25) is 0 Å². The van der Waals surface area contributed by atoms with E-state index >= 15 is 0 Å². The number of H-pyrrole nitrogens is 1. The Bertz CT molecular complexity index is 742. The maximum atomic E-state index is 11.6. The van der Waals surface area contributed by atoms with Crippen molar-refractivity contribution in [2.45, 2.75) is 13.8 Å². The second kappa shape index (κ2) is 5.09. The summed E-state index contributed by atoms with van der Waals surface area (Å²) in [4.78, 5) is 19.2. The molecule has 1 aromatic carbocycles. The molecule has 0 radical (unpaired) electrons. The fourth-order valence-corrected chi connectivity index (χ4v) is 3.12. The zero-order valence-corrected chi connectivity index (χ0v) is 12.1. The molecule has 102 valence electrons. The van der Waals surface area contributed by atoms with Gasteiger partial charge in [0.2, 0.25) is 0 Å². The molecule has 0 spiro atoms. The Balaban J connectivity index is 1.99. The molecular formula is C15H14N2O2S. The molecule has 0 fully saturated rings. The summed E-state index contributed by atoms with van der Waals surface area (Å²) in [6.07, 6.45) is 0. The lowest BCUT2D eigenvalue weighted by Gasteiger charge is -2.00. The average Bonchev–Trinajstić information content (AvgIpc) is 2.97. The monoisotopic (exact) mass is 286 g/mol. The van der Waals surface area contributed by atoms with Crippen molar-refractivity contribution in [2.75, 3.05) is 6.61 Å². The van der Waals surface area contributed by atoms with Gasteiger partial charge in [0.15, 0.2) is 0 Å². The summed E-state index contributed by atoms with van der Waals surface area (Å²) >= 11 is 1.57. The third-order valence-corrected chi connectivity index (χ3v) is 4.09. The predicted molar refractivity (Wildman–Crippen MR) is 80.1 cm³/mol. The van der Waals surface area contributed by atoms with Crippen molar-refractivity contribution in [2.24, 2.45) is 0 Å². The second-order valence-electron chi connectivity index (χ2n) is 4.45. The summed E-state index contributed by atoms with van der Waals surface area (Å²) in [6.45, 7) is 4.22.